The van der Waals surface area contributed by atoms with Crippen LogP contribution < -0.4 is 9.47 Å². The second-order valence-corrected chi connectivity index (χ2v) is 7.85. The number of hydrogen-bond donors (Lipinski definition) is 0. The van der Waals surface area contributed by atoms with E-state index in [2.05, 4.69) is 23.0 Å². The molecule has 2 heterocycles. The van der Waals surface area contributed by atoms with Gasteiger partial charge in [-0.2, -0.15) is 0 Å². The zero-order chi connectivity index (χ0) is 20.9. The van der Waals surface area contributed by atoms with Crippen molar-refractivity contribution in [2.75, 3.05) is 33.4 Å². The maximum absolute atomic E-state index is 13.4. The number of nitrogens with zero attached hydrogens (tertiary/aromatic N) is 2. The summed E-state index contributed by atoms with van der Waals surface area (Å²) in [5, 5.41) is 5.17. The Hall–Kier alpha value is -2.60. The minimum atomic E-state index is -0.290. The smallest absolute Gasteiger partial charge is 0.170 e. The first-order chi connectivity index (χ1) is 14.7. The number of aromatic nitrogens is 1. The third-order valence-electron chi connectivity index (χ3n) is 5.96. The van der Waals surface area contributed by atoms with Gasteiger partial charge in [0.25, 0.3) is 0 Å². The quantitative estimate of drug-likeness (QED) is 0.477. The first kappa shape index (κ1) is 20.7. The van der Waals surface area contributed by atoms with E-state index in [1.54, 1.807) is 13.2 Å². The molecule has 1 fully saturated rings. The molecule has 160 valence electrons. The summed E-state index contributed by atoms with van der Waals surface area (Å²) in [6.07, 6.45) is 4.00. The van der Waals surface area contributed by atoms with E-state index >= 15 is 0 Å². The topological polar surface area (TPSA) is 47.7 Å². The second-order valence-electron chi connectivity index (χ2n) is 7.85. The van der Waals surface area contributed by atoms with Crippen LogP contribution in [-0.4, -0.2) is 43.4 Å². The van der Waals surface area contributed by atoms with E-state index in [-0.39, 0.29) is 5.82 Å². The predicted molar refractivity (Wildman–Crippen MR) is 115 cm³/mol. The second kappa shape index (κ2) is 9.47. The van der Waals surface area contributed by atoms with Crippen LogP contribution >= 0.6 is 0 Å². The van der Waals surface area contributed by atoms with Crippen LogP contribution in [0.15, 0.2) is 40.9 Å². The van der Waals surface area contributed by atoms with E-state index in [0.29, 0.717) is 18.1 Å². The van der Waals surface area contributed by atoms with Gasteiger partial charge in [-0.15, -0.1) is 0 Å². The summed E-state index contributed by atoms with van der Waals surface area (Å²) < 4.78 is 30.0. The molecule has 0 radical (unpaired) electrons. The Morgan fingerprint density at radius 1 is 1.17 bits per heavy atom. The molecule has 0 saturated carbocycles. The zero-order valence-corrected chi connectivity index (χ0v) is 17.7. The summed E-state index contributed by atoms with van der Waals surface area (Å²) in [6, 6.07) is 10.7. The molecule has 0 spiro atoms. The van der Waals surface area contributed by atoms with Crippen molar-refractivity contribution in [1.82, 2.24) is 10.1 Å². The van der Waals surface area contributed by atoms with E-state index in [9.17, 15) is 4.39 Å². The molecule has 0 amide bonds. The Bertz CT molecular complexity index is 980. The first-order valence-electron chi connectivity index (χ1n) is 10.7. The maximum atomic E-state index is 13.4. The molecular weight excluding hydrogens is 383 g/mol. The largest absolute Gasteiger partial charge is 0.496 e. The van der Waals surface area contributed by atoms with E-state index in [4.69, 9.17) is 14.0 Å². The fourth-order valence-electron chi connectivity index (χ4n) is 4.24. The molecule has 0 atom stereocenters. The summed E-state index contributed by atoms with van der Waals surface area (Å²) in [7, 11) is 1.70. The minimum Gasteiger partial charge on any atom is -0.496 e. The van der Waals surface area contributed by atoms with Gasteiger partial charge in [-0.3, -0.25) is 0 Å². The number of aryl methyl sites for hydroxylation is 1. The summed E-state index contributed by atoms with van der Waals surface area (Å²) in [6.45, 7) is 5.88. The lowest BCUT2D eigenvalue weighted by Gasteiger charge is -2.31. The van der Waals surface area contributed by atoms with Gasteiger partial charge in [0, 0.05) is 30.0 Å². The fourth-order valence-corrected chi connectivity index (χ4v) is 4.24. The Morgan fingerprint density at radius 3 is 2.77 bits per heavy atom. The Morgan fingerprint density at radius 2 is 2.00 bits per heavy atom. The van der Waals surface area contributed by atoms with Crippen LogP contribution in [0.1, 0.15) is 43.4 Å². The summed E-state index contributed by atoms with van der Waals surface area (Å²) in [5.74, 6) is 1.83. The summed E-state index contributed by atoms with van der Waals surface area (Å²) >= 11 is 0. The molecule has 2 aromatic carbocycles. The van der Waals surface area contributed by atoms with Crippen LogP contribution in [-0.2, 0) is 6.42 Å². The van der Waals surface area contributed by atoms with Crippen LogP contribution in [0.5, 0.6) is 11.5 Å². The molecule has 4 rings (SSSR count). The molecule has 30 heavy (non-hydrogen) atoms. The standard InChI is InChI=1S/C24H29FN2O3/c1-3-17-5-7-20(16-22(17)28-2)29-14-4-11-27-12-9-18(10-13-27)24-21-8-6-19(25)15-23(21)30-26-24/h5-8,15-16,18H,3-4,9-14H2,1-2H3. The molecular formula is C24H29FN2O3. The normalized spacial score (nSPS) is 15.6. The third-order valence-corrected chi connectivity index (χ3v) is 5.96. The lowest BCUT2D eigenvalue weighted by atomic mass is 9.91. The Labute approximate surface area is 176 Å². The van der Waals surface area contributed by atoms with Crippen molar-refractivity contribution in [3.8, 4) is 11.5 Å². The minimum absolute atomic E-state index is 0.290. The van der Waals surface area contributed by atoms with Crippen LogP contribution in [0.2, 0.25) is 0 Å². The third kappa shape index (κ3) is 4.59. The van der Waals surface area contributed by atoms with Gasteiger partial charge < -0.3 is 18.9 Å². The summed E-state index contributed by atoms with van der Waals surface area (Å²) in [4.78, 5) is 2.47. The number of methoxy groups -OCH3 is 1. The average molecular weight is 413 g/mol. The van der Waals surface area contributed by atoms with Crippen molar-refractivity contribution in [2.24, 2.45) is 0 Å². The number of halogens is 1. The van der Waals surface area contributed by atoms with Gasteiger partial charge in [0.1, 0.15) is 17.3 Å². The van der Waals surface area contributed by atoms with Crippen LogP contribution in [0, 0.1) is 5.82 Å². The van der Waals surface area contributed by atoms with Crippen molar-refractivity contribution >= 4 is 11.0 Å². The number of ether oxygens (including phenoxy) is 2. The molecule has 6 heteroatoms. The molecule has 1 aliphatic heterocycles. The SMILES string of the molecule is CCc1ccc(OCCCN2CCC(c3noc4cc(F)ccc34)CC2)cc1OC. The maximum Gasteiger partial charge on any atom is 0.170 e. The van der Waals surface area contributed by atoms with Gasteiger partial charge in [0.05, 0.1) is 19.4 Å². The fraction of sp³-hybridized carbons (Fsp3) is 0.458. The molecule has 1 aliphatic rings. The molecule has 5 nitrogen and oxygen atoms in total. The van der Waals surface area contributed by atoms with E-state index in [1.807, 2.05) is 12.1 Å². The van der Waals surface area contributed by atoms with Gasteiger partial charge in [-0.1, -0.05) is 18.1 Å². The molecule has 1 aromatic heterocycles. The van der Waals surface area contributed by atoms with E-state index in [0.717, 1.165) is 67.9 Å². The zero-order valence-electron chi connectivity index (χ0n) is 17.7. The molecule has 0 bridgehead atoms. The number of hydrogen-bond acceptors (Lipinski definition) is 5. The average Bonchev–Trinajstić information content (AvgIpc) is 3.20. The molecule has 0 unspecified atom stereocenters. The monoisotopic (exact) mass is 412 g/mol. The molecule has 0 N–H and O–H groups in total. The van der Waals surface area contributed by atoms with Crippen molar-refractivity contribution in [3.63, 3.8) is 0 Å². The molecule has 0 aliphatic carbocycles. The highest BCUT2D eigenvalue weighted by molar-refractivity contribution is 5.79. The number of likely N-dealkylation sites (tertiary alicyclic amines) is 1. The van der Waals surface area contributed by atoms with Crippen molar-refractivity contribution in [3.05, 3.63) is 53.5 Å². The Balaban J connectivity index is 1.22. The van der Waals surface area contributed by atoms with Crippen molar-refractivity contribution in [2.45, 2.75) is 38.5 Å². The highest BCUT2D eigenvalue weighted by Crippen LogP contribution is 2.32. The first-order valence-corrected chi connectivity index (χ1v) is 10.7. The Kier molecular flexibility index (Phi) is 6.53. The van der Waals surface area contributed by atoms with Gasteiger partial charge >= 0.3 is 0 Å². The van der Waals surface area contributed by atoms with Crippen LogP contribution in [0.4, 0.5) is 4.39 Å². The summed E-state index contributed by atoms with van der Waals surface area (Å²) in [5.41, 5.74) is 2.70. The van der Waals surface area contributed by atoms with E-state index in [1.165, 1.54) is 17.7 Å². The van der Waals surface area contributed by atoms with Crippen LogP contribution in [0.3, 0.4) is 0 Å². The van der Waals surface area contributed by atoms with Crippen molar-refractivity contribution in [1.29, 1.82) is 0 Å². The number of piperidine rings is 1. The van der Waals surface area contributed by atoms with Gasteiger partial charge in [0.15, 0.2) is 5.58 Å². The van der Waals surface area contributed by atoms with Gasteiger partial charge in [-0.05, 0) is 62.5 Å². The van der Waals surface area contributed by atoms with Crippen LogP contribution in [0.25, 0.3) is 11.0 Å². The lowest BCUT2D eigenvalue weighted by molar-refractivity contribution is 0.190. The van der Waals surface area contributed by atoms with Gasteiger partial charge in [0.2, 0.25) is 0 Å². The molecule has 1 saturated heterocycles. The highest BCUT2D eigenvalue weighted by atomic mass is 19.1. The molecule has 3 aromatic rings. The lowest BCUT2D eigenvalue weighted by Crippen LogP contribution is -2.34. The number of benzene rings is 2. The highest BCUT2D eigenvalue weighted by Gasteiger charge is 2.25. The number of fused-ring (bicyclic) bond motifs is 1. The van der Waals surface area contributed by atoms with Crippen molar-refractivity contribution < 1.29 is 18.4 Å². The predicted octanol–water partition coefficient (Wildman–Crippen LogP) is 5.19. The van der Waals surface area contributed by atoms with E-state index < -0.39 is 0 Å². The number of rotatable bonds is 8. The van der Waals surface area contributed by atoms with Gasteiger partial charge in [-0.25, -0.2) is 4.39 Å².